The van der Waals surface area contributed by atoms with Crippen LogP contribution >= 0.6 is 0 Å². The van der Waals surface area contributed by atoms with Gasteiger partial charge in [0.2, 0.25) is 0 Å². The molecular formula is C21H26N2O3. The van der Waals surface area contributed by atoms with Crippen LogP contribution in [0.4, 0.5) is 10.5 Å². The fourth-order valence-electron chi connectivity index (χ4n) is 3.19. The zero-order chi connectivity index (χ0) is 18.4. The first-order valence-corrected chi connectivity index (χ1v) is 9.15. The Morgan fingerprint density at radius 2 is 1.92 bits per heavy atom. The molecule has 0 radical (unpaired) electrons. The van der Waals surface area contributed by atoms with E-state index in [1.807, 2.05) is 55.5 Å². The second-order valence-corrected chi connectivity index (χ2v) is 6.83. The van der Waals surface area contributed by atoms with Crippen molar-refractivity contribution in [3.05, 3.63) is 59.7 Å². The summed E-state index contributed by atoms with van der Waals surface area (Å²) in [7, 11) is 0. The maximum Gasteiger partial charge on any atom is 0.319 e. The molecule has 0 saturated heterocycles. The first kappa shape index (κ1) is 18.3. The molecule has 5 heteroatoms. The van der Waals surface area contributed by atoms with Crippen LogP contribution in [0.3, 0.4) is 0 Å². The van der Waals surface area contributed by atoms with Crippen molar-refractivity contribution in [1.29, 1.82) is 0 Å². The van der Waals surface area contributed by atoms with Gasteiger partial charge in [-0.2, -0.15) is 0 Å². The Morgan fingerprint density at radius 1 is 1.15 bits per heavy atom. The summed E-state index contributed by atoms with van der Waals surface area (Å²) >= 11 is 0. The van der Waals surface area contributed by atoms with Crippen LogP contribution in [0.2, 0.25) is 0 Å². The predicted octanol–water partition coefficient (Wildman–Crippen LogP) is 4.00. The van der Waals surface area contributed by atoms with Gasteiger partial charge in [0.15, 0.2) is 0 Å². The number of carbonyl (C=O) groups is 1. The average molecular weight is 354 g/mol. The number of anilines is 1. The maximum atomic E-state index is 12.3. The van der Waals surface area contributed by atoms with Gasteiger partial charge in [-0.3, -0.25) is 0 Å². The van der Waals surface area contributed by atoms with Crippen molar-refractivity contribution in [1.82, 2.24) is 5.32 Å². The lowest BCUT2D eigenvalue weighted by Crippen LogP contribution is -2.46. The fourth-order valence-corrected chi connectivity index (χ4v) is 3.19. The summed E-state index contributed by atoms with van der Waals surface area (Å²) in [4.78, 5) is 12.3. The minimum atomic E-state index is -0.471. The Hall–Kier alpha value is -2.53. The smallest absolute Gasteiger partial charge is 0.319 e. The van der Waals surface area contributed by atoms with Crippen LogP contribution < -0.4 is 15.4 Å². The second-order valence-electron chi connectivity index (χ2n) is 6.83. The maximum absolute atomic E-state index is 12.3. The molecule has 5 nitrogen and oxygen atoms in total. The number of aliphatic hydroxyl groups is 1. The third-order valence-corrected chi connectivity index (χ3v) is 4.67. The van der Waals surface area contributed by atoms with Gasteiger partial charge in [-0.25, -0.2) is 4.79 Å². The largest absolute Gasteiger partial charge is 0.487 e. The molecule has 2 unspecified atom stereocenters. The first-order chi connectivity index (χ1) is 12.6. The van der Waals surface area contributed by atoms with E-state index in [-0.39, 0.29) is 12.1 Å². The minimum absolute atomic E-state index is 0.192. The van der Waals surface area contributed by atoms with Crippen molar-refractivity contribution in [3.63, 3.8) is 0 Å². The number of ether oxygens (including phenoxy) is 1. The van der Waals surface area contributed by atoms with Crippen LogP contribution in [0.15, 0.2) is 48.5 Å². The molecule has 0 aromatic heterocycles. The highest BCUT2D eigenvalue weighted by atomic mass is 16.5. The van der Waals surface area contributed by atoms with Crippen molar-refractivity contribution in [2.45, 2.75) is 51.4 Å². The van der Waals surface area contributed by atoms with Crippen LogP contribution in [-0.2, 0) is 6.61 Å². The summed E-state index contributed by atoms with van der Waals surface area (Å²) in [6.45, 7) is 2.42. The van der Waals surface area contributed by atoms with E-state index in [1.54, 1.807) is 0 Å². The van der Waals surface area contributed by atoms with E-state index in [9.17, 15) is 9.90 Å². The van der Waals surface area contributed by atoms with Gasteiger partial charge in [-0.15, -0.1) is 0 Å². The number of urea groups is 1. The van der Waals surface area contributed by atoms with Crippen LogP contribution in [0.1, 0.15) is 36.8 Å². The number of nitrogens with one attached hydrogen (secondary N) is 2. The summed E-state index contributed by atoms with van der Waals surface area (Å²) in [5.41, 5.74) is 2.74. The number of carbonyl (C=O) groups excluding carboxylic acids is 1. The average Bonchev–Trinajstić information content (AvgIpc) is 2.64. The molecule has 3 N–H and O–H groups in total. The molecule has 1 saturated carbocycles. The summed E-state index contributed by atoms with van der Waals surface area (Å²) in [6.07, 6.45) is 3.11. The van der Waals surface area contributed by atoms with E-state index in [4.69, 9.17) is 4.74 Å². The molecular weight excluding hydrogens is 328 g/mol. The molecule has 2 amide bonds. The molecule has 2 atom stereocenters. The Balaban J connectivity index is 1.64. The van der Waals surface area contributed by atoms with Crippen molar-refractivity contribution in [2.24, 2.45) is 0 Å². The van der Waals surface area contributed by atoms with Crippen molar-refractivity contribution in [2.75, 3.05) is 5.32 Å². The van der Waals surface area contributed by atoms with E-state index in [1.165, 1.54) is 0 Å². The zero-order valence-electron chi connectivity index (χ0n) is 15.1. The number of amides is 2. The highest BCUT2D eigenvalue weighted by Gasteiger charge is 2.24. The molecule has 2 aromatic rings. The van der Waals surface area contributed by atoms with Gasteiger partial charge < -0.3 is 20.5 Å². The molecule has 1 aliphatic rings. The molecule has 0 bridgehead atoms. The molecule has 0 aliphatic heterocycles. The number of hydrogen-bond acceptors (Lipinski definition) is 3. The van der Waals surface area contributed by atoms with E-state index < -0.39 is 6.10 Å². The van der Waals surface area contributed by atoms with Gasteiger partial charge >= 0.3 is 6.03 Å². The monoisotopic (exact) mass is 354 g/mol. The Morgan fingerprint density at radius 3 is 2.69 bits per heavy atom. The van der Waals surface area contributed by atoms with E-state index in [0.29, 0.717) is 18.0 Å². The predicted molar refractivity (Wildman–Crippen MR) is 102 cm³/mol. The van der Waals surface area contributed by atoms with E-state index in [0.717, 1.165) is 36.8 Å². The lowest BCUT2D eigenvalue weighted by Gasteiger charge is -2.28. The highest BCUT2D eigenvalue weighted by Crippen LogP contribution is 2.27. The van der Waals surface area contributed by atoms with Gasteiger partial charge in [0, 0.05) is 0 Å². The molecule has 26 heavy (non-hydrogen) atoms. The number of benzene rings is 2. The topological polar surface area (TPSA) is 70.6 Å². The molecule has 2 aromatic carbocycles. The number of rotatable bonds is 5. The molecule has 1 fully saturated rings. The lowest BCUT2D eigenvalue weighted by molar-refractivity contribution is 0.0955. The van der Waals surface area contributed by atoms with Crippen molar-refractivity contribution >= 4 is 11.7 Å². The first-order valence-electron chi connectivity index (χ1n) is 9.15. The summed E-state index contributed by atoms with van der Waals surface area (Å²) in [6, 6.07) is 15.1. The number of aryl methyl sites for hydroxylation is 1. The van der Waals surface area contributed by atoms with Gasteiger partial charge in [0.05, 0.1) is 17.8 Å². The third-order valence-electron chi connectivity index (χ3n) is 4.67. The van der Waals surface area contributed by atoms with Gasteiger partial charge in [-0.05, 0) is 43.0 Å². The summed E-state index contributed by atoms with van der Waals surface area (Å²) < 4.78 is 5.92. The van der Waals surface area contributed by atoms with Gasteiger partial charge in [0.1, 0.15) is 12.4 Å². The summed E-state index contributed by atoms with van der Waals surface area (Å²) in [5, 5.41) is 15.8. The number of aliphatic hydroxyl groups excluding tert-OH is 1. The lowest BCUT2D eigenvalue weighted by atomic mass is 9.93. The van der Waals surface area contributed by atoms with Crippen LogP contribution in [0, 0.1) is 6.92 Å². The fraction of sp³-hybridized carbons (Fsp3) is 0.381. The quantitative estimate of drug-likeness (QED) is 0.760. The Labute approximate surface area is 154 Å². The standard InChI is InChI=1S/C21H26N2O3/c1-15-11-12-18(20(13-15)26-14-16-7-3-2-4-8-16)23-21(25)22-17-9-5-6-10-19(17)24/h2-4,7-8,11-13,17,19,24H,5-6,9-10,14H2,1H3,(H2,22,23,25). The van der Waals surface area contributed by atoms with Crippen molar-refractivity contribution < 1.29 is 14.6 Å². The Bertz CT molecular complexity index is 733. The SMILES string of the molecule is Cc1ccc(NC(=O)NC2CCCCC2O)c(OCc2ccccc2)c1. The van der Waals surface area contributed by atoms with Crippen LogP contribution in [0.25, 0.3) is 0 Å². The third kappa shape index (κ3) is 4.99. The molecule has 138 valence electrons. The minimum Gasteiger partial charge on any atom is -0.487 e. The van der Waals surface area contributed by atoms with Gasteiger partial charge in [0.25, 0.3) is 0 Å². The highest BCUT2D eigenvalue weighted by molar-refractivity contribution is 5.91. The normalized spacial score (nSPS) is 19.6. The van der Waals surface area contributed by atoms with E-state index >= 15 is 0 Å². The summed E-state index contributed by atoms with van der Waals surface area (Å²) in [5.74, 6) is 0.633. The molecule has 3 rings (SSSR count). The molecule has 0 heterocycles. The molecule has 1 aliphatic carbocycles. The van der Waals surface area contributed by atoms with Crippen LogP contribution in [-0.4, -0.2) is 23.3 Å². The number of hydrogen-bond donors (Lipinski definition) is 3. The Kier molecular flexibility index (Phi) is 6.12. The second kappa shape index (κ2) is 8.72. The van der Waals surface area contributed by atoms with Crippen molar-refractivity contribution in [3.8, 4) is 5.75 Å². The molecule has 0 spiro atoms. The van der Waals surface area contributed by atoms with Crippen LogP contribution in [0.5, 0.6) is 5.75 Å². The van der Waals surface area contributed by atoms with E-state index in [2.05, 4.69) is 10.6 Å². The zero-order valence-corrected chi connectivity index (χ0v) is 15.1. The van der Waals surface area contributed by atoms with Gasteiger partial charge in [-0.1, -0.05) is 49.2 Å².